The van der Waals surface area contributed by atoms with Crippen LogP contribution in [-0.2, 0) is 36.1 Å². The standard InChI is InChI=1S/C14H17N3O7S2.Na/c1-8(12(18)15-24-7-9-3-2-6-25-9)13(19)16-5-4-10-11(16)14(20)17(10)26(21,22)23;/h2-3,6,8,10-11H,4-5,7H2,1H3,(H,15,18)(H,21,22,23);/q;+1/p-1/t8?,10-,11+;/m1./s1. The zero-order chi connectivity index (χ0) is 19.1. The number of thiophene rings is 1. The second kappa shape index (κ2) is 8.55. The molecule has 3 heterocycles. The number of β-lactam (4-membered cyclic amide) rings is 1. The van der Waals surface area contributed by atoms with E-state index in [1.165, 1.54) is 18.3 Å². The van der Waals surface area contributed by atoms with Crippen LogP contribution in [0.5, 0.6) is 0 Å². The van der Waals surface area contributed by atoms with Crippen molar-refractivity contribution >= 4 is 39.4 Å². The van der Waals surface area contributed by atoms with Crippen molar-refractivity contribution in [2.24, 2.45) is 5.92 Å². The topological polar surface area (TPSA) is 136 Å². The predicted octanol–water partition coefficient (Wildman–Crippen LogP) is -3.79. The average molecular weight is 425 g/mol. The van der Waals surface area contributed by atoms with Crippen molar-refractivity contribution in [3.05, 3.63) is 22.4 Å². The van der Waals surface area contributed by atoms with Crippen LogP contribution in [0.3, 0.4) is 0 Å². The van der Waals surface area contributed by atoms with Gasteiger partial charge in [0, 0.05) is 11.4 Å². The summed E-state index contributed by atoms with van der Waals surface area (Å²) in [6, 6.07) is 1.81. The van der Waals surface area contributed by atoms with Gasteiger partial charge in [0.1, 0.15) is 18.6 Å². The summed E-state index contributed by atoms with van der Waals surface area (Å²) in [7, 11) is -4.89. The Kier molecular flexibility index (Phi) is 7.06. The van der Waals surface area contributed by atoms with Crippen LogP contribution in [0.15, 0.2) is 17.5 Å². The van der Waals surface area contributed by atoms with Gasteiger partial charge in [0.2, 0.25) is 5.91 Å². The molecule has 2 fully saturated rings. The van der Waals surface area contributed by atoms with Gasteiger partial charge < -0.3 is 9.45 Å². The van der Waals surface area contributed by atoms with Crippen LogP contribution in [0.2, 0.25) is 0 Å². The van der Waals surface area contributed by atoms with Crippen molar-refractivity contribution in [1.29, 1.82) is 0 Å². The van der Waals surface area contributed by atoms with Gasteiger partial charge in [-0.2, -0.15) is 0 Å². The minimum absolute atomic E-state index is 0. The first-order valence-electron chi connectivity index (χ1n) is 7.75. The Hall–Kier alpha value is -1.02. The Morgan fingerprint density at radius 2 is 2.19 bits per heavy atom. The van der Waals surface area contributed by atoms with E-state index >= 15 is 0 Å². The molecule has 142 valence electrons. The van der Waals surface area contributed by atoms with Crippen LogP contribution < -0.4 is 35.0 Å². The SMILES string of the molecule is CC(C(=O)NOCc1cccs1)C(=O)N1CC[C@@H]2[C@H]1C(=O)N2S(=O)(=O)[O-].[Na+]. The molecular weight excluding hydrogens is 409 g/mol. The normalized spacial score (nSPS) is 22.5. The van der Waals surface area contributed by atoms with Crippen LogP contribution >= 0.6 is 11.3 Å². The Bertz CT molecular complexity index is 830. The van der Waals surface area contributed by atoms with Crippen LogP contribution in [0.4, 0.5) is 0 Å². The number of fused-ring (bicyclic) bond motifs is 1. The summed E-state index contributed by atoms with van der Waals surface area (Å²) in [6.45, 7) is 1.62. The van der Waals surface area contributed by atoms with Gasteiger partial charge in [0.05, 0.1) is 6.04 Å². The predicted molar refractivity (Wildman–Crippen MR) is 86.9 cm³/mol. The minimum Gasteiger partial charge on any atom is -0.731 e. The van der Waals surface area contributed by atoms with E-state index in [4.69, 9.17) is 4.84 Å². The summed E-state index contributed by atoms with van der Waals surface area (Å²) in [5.74, 6) is -3.35. The number of hydrogen-bond acceptors (Lipinski definition) is 8. The first-order chi connectivity index (χ1) is 12.2. The summed E-state index contributed by atoms with van der Waals surface area (Å²) in [6.07, 6.45) is 0.173. The Balaban J connectivity index is 0.00000261. The van der Waals surface area contributed by atoms with E-state index in [-0.39, 0.29) is 53.4 Å². The molecule has 3 rings (SSSR count). The van der Waals surface area contributed by atoms with Gasteiger partial charge in [-0.15, -0.1) is 11.3 Å². The van der Waals surface area contributed by atoms with Crippen molar-refractivity contribution in [2.75, 3.05) is 6.54 Å². The van der Waals surface area contributed by atoms with Crippen LogP contribution in [0.25, 0.3) is 0 Å². The fraction of sp³-hybridized carbons (Fsp3) is 0.500. The van der Waals surface area contributed by atoms with Crippen molar-refractivity contribution in [3.63, 3.8) is 0 Å². The fourth-order valence-corrected chi connectivity index (χ4v) is 4.57. The summed E-state index contributed by atoms with van der Waals surface area (Å²) in [5.41, 5.74) is 2.19. The molecule has 3 atom stereocenters. The third kappa shape index (κ3) is 4.36. The number of hydrogen-bond donors (Lipinski definition) is 1. The maximum Gasteiger partial charge on any atom is 1.00 e. The number of nitrogens with zero attached hydrogens (tertiary/aromatic N) is 2. The molecule has 0 saturated carbocycles. The molecular formula is C14H16N3NaO7S2. The summed E-state index contributed by atoms with van der Waals surface area (Å²) < 4.78 is 33.5. The van der Waals surface area contributed by atoms with Gasteiger partial charge in [-0.25, -0.2) is 18.2 Å². The maximum absolute atomic E-state index is 12.5. The molecule has 0 bridgehead atoms. The zero-order valence-electron chi connectivity index (χ0n) is 14.7. The van der Waals surface area contributed by atoms with E-state index in [9.17, 15) is 27.4 Å². The van der Waals surface area contributed by atoms with E-state index in [2.05, 4.69) is 5.48 Å². The number of likely N-dealkylation sites (tertiary alicyclic amines) is 1. The maximum atomic E-state index is 12.5. The van der Waals surface area contributed by atoms with Crippen LogP contribution in [0.1, 0.15) is 18.2 Å². The Morgan fingerprint density at radius 3 is 2.78 bits per heavy atom. The first-order valence-corrected chi connectivity index (χ1v) is 10.00. The summed E-state index contributed by atoms with van der Waals surface area (Å²) >= 11 is 1.45. The molecule has 0 aromatic carbocycles. The van der Waals surface area contributed by atoms with Crippen molar-refractivity contribution in [1.82, 2.24) is 14.7 Å². The second-order valence-corrected chi connectivity index (χ2v) is 8.26. The van der Waals surface area contributed by atoms with Gasteiger partial charge in [-0.1, -0.05) is 6.07 Å². The molecule has 2 saturated heterocycles. The molecule has 27 heavy (non-hydrogen) atoms. The average Bonchev–Trinajstić information content (AvgIpc) is 3.19. The second-order valence-electron chi connectivity index (χ2n) is 5.98. The van der Waals surface area contributed by atoms with Crippen LogP contribution in [0, 0.1) is 5.92 Å². The quantitative estimate of drug-likeness (QED) is 0.162. The molecule has 0 aliphatic carbocycles. The molecule has 2 aliphatic rings. The van der Waals surface area contributed by atoms with E-state index in [0.29, 0.717) is 0 Å². The van der Waals surface area contributed by atoms with E-state index in [0.717, 1.165) is 9.78 Å². The molecule has 2 aliphatic heterocycles. The zero-order valence-corrected chi connectivity index (χ0v) is 18.3. The number of nitrogens with one attached hydrogen (secondary N) is 1. The molecule has 13 heteroatoms. The number of carbonyl (C=O) groups excluding carboxylic acids is 3. The third-order valence-electron chi connectivity index (χ3n) is 4.39. The molecule has 0 spiro atoms. The molecule has 1 aromatic heterocycles. The van der Waals surface area contributed by atoms with Crippen molar-refractivity contribution in [3.8, 4) is 0 Å². The molecule has 1 N–H and O–H groups in total. The van der Waals surface area contributed by atoms with E-state index < -0.39 is 46.0 Å². The summed E-state index contributed by atoms with van der Waals surface area (Å²) in [5, 5.41) is 1.86. The van der Waals surface area contributed by atoms with Crippen LogP contribution in [-0.4, -0.2) is 58.5 Å². The van der Waals surface area contributed by atoms with E-state index in [1.54, 1.807) is 0 Å². The largest absolute Gasteiger partial charge is 1.00 e. The van der Waals surface area contributed by atoms with Crippen molar-refractivity contribution in [2.45, 2.75) is 32.0 Å². The summed E-state index contributed by atoms with van der Waals surface area (Å²) in [4.78, 5) is 43.6. The van der Waals surface area contributed by atoms with Gasteiger partial charge >= 0.3 is 29.6 Å². The number of amides is 3. The molecule has 0 radical (unpaired) electrons. The smallest absolute Gasteiger partial charge is 0.731 e. The van der Waals surface area contributed by atoms with Gasteiger partial charge in [0.15, 0.2) is 10.3 Å². The van der Waals surface area contributed by atoms with E-state index in [1.807, 2.05) is 17.5 Å². The molecule has 3 amide bonds. The molecule has 1 unspecified atom stereocenters. The first kappa shape index (κ1) is 22.3. The van der Waals surface area contributed by atoms with Gasteiger partial charge in [-0.05, 0) is 24.8 Å². The number of hydroxylamine groups is 1. The Labute approximate surface area is 182 Å². The van der Waals surface area contributed by atoms with Crippen molar-refractivity contribution < 1.29 is 61.7 Å². The Morgan fingerprint density at radius 1 is 1.48 bits per heavy atom. The number of rotatable bonds is 6. The number of carbonyl (C=O) groups is 3. The third-order valence-corrected chi connectivity index (χ3v) is 6.17. The fourth-order valence-electron chi connectivity index (χ4n) is 3.08. The van der Waals surface area contributed by atoms with Gasteiger partial charge in [-0.3, -0.25) is 19.2 Å². The minimum atomic E-state index is -4.89. The van der Waals surface area contributed by atoms with Gasteiger partial charge in [0.25, 0.3) is 11.8 Å². The molecule has 1 aromatic rings. The molecule has 10 nitrogen and oxygen atoms in total. The monoisotopic (exact) mass is 425 g/mol.